The third-order valence-electron chi connectivity index (χ3n) is 14.8. The molecule has 1 saturated heterocycles. The molecule has 0 bridgehead atoms. The van der Waals surface area contributed by atoms with Gasteiger partial charge in [0.2, 0.25) is 65.0 Å². The van der Waals surface area contributed by atoms with Crippen LogP contribution in [0.5, 0.6) is 0 Å². The Kier molecular flexibility index (Phi) is 33.5. The summed E-state index contributed by atoms with van der Waals surface area (Å²) >= 11 is 0. The summed E-state index contributed by atoms with van der Waals surface area (Å²) in [5.41, 5.74) is 16.4. The molecule has 1 aromatic rings. The number of hydrogen-bond donors (Lipinski definition) is 18. The van der Waals surface area contributed by atoms with Crippen molar-refractivity contribution in [3.63, 3.8) is 0 Å². The number of benzene rings is 1. The zero-order chi connectivity index (χ0) is 69.1. The first-order valence-electron chi connectivity index (χ1n) is 30.5. The fourth-order valence-corrected chi connectivity index (χ4v) is 9.46. The fraction of sp³-hybridized carbons (Fsp3) is 0.678. The van der Waals surface area contributed by atoms with Crippen LogP contribution in [0.1, 0.15) is 126 Å². The molecule has 0 radical (unpaired) electrons. The van der Waals surface area contributed by atoms with Gasteiger partial charge in [-0.15, -0.1) is 0 Å². The predicted molar refractivity (Wildman–Crippen MR) is 331 cm³/mol. The predicted octanol–water partition coefficient (Wildman–Crippen LogP) is -5.17. The summed E-state index contributed by atoms with van der Waals surface area (Å²) in [5.74, 6) is -16.8. The average Bonchev–Trinajstić information content (AvgIpc) is 1.04. The van der Waals surface area contributed by atoms with Crippen molar-refractivity contribution in [2.45, 2.75) is 200 Å². The SMILES string of the molecule is CC[C@H](C)[C@@H]1NC(=O)[C@@H](CCCN=C(N)N)NC(=O)[C@H](CC(C)C)NC(=O)[C@H]([C@H](O)C(C)C)NC(=O)[C@@H](NC(=O)[C@H](CC(C)C)NC(=O)[C@@H](CC(C)C)NC)[C@@H](c2ccccc2)OC(=O)[C@H](CO)NC(=O)[C@H]([C@H](O)C(N)=O)NC(=O)CNC(=O)[C@H]([C@H](C)O)NC1=O. The highest BCUT2D eigenvalue weighted by Gasteiger charge is 2.44. The number of cyclic esters (lactones) is 1. The van der Waals surface area contributed by atoms with Crippen LogP contribution in [0.4, 0.5) is 0 Å². The number of primary amides is 1. The van der Waals surface area contributed by atoms with Gasteiger partial charge in [0, 0.05) is 6.54 Å². The summed E-state index contributed by atoms with van der Waals surface area (Å²) in [4.78, 5) is 174. The molecule has 0 spiro atoms. The van der Waals surface area contributed by atoms with E-state index < -0.39 is 181 Å². The molecule has 1 aromatic carbocycles. The van der Waals surface area contributed by atoms with Gasteiger partial charge in [0.15, 0.2) is 24.2 Å². The number of aliphatic hydroxyl groups excluding tert-OH is 4. The highest BCUT2D eigenvalue weighted by atomic mass is 16.5. The second kappa shape index (κ2) is 38.6. The van der Waals surface area contributed by atoms with Gasteiger partial charge >= 0.3 is 5.97 Å². The highest BCUT2D eigenvalue weighted by Crippen LogP contribution is 2.25. The summed E-state index contributed by atoms with van der Waals surface area (Å²) in [6, 6.07) is -10.3. The summed E-state index contributed by atoms with van der Waals surface area (Å²) < 4.78 is 5.95. The van der Waals surface area contributed by atoms with E-state index in [1.807, 2.05) is 24.5 Å². The minimum absolute atomic E-state index is 0.0135. The summed E-state index contributed by atoms with van der Waals surface area (Å²) in [5, 5.41) is 71.3. The lowest BCUT2D eigenvalue weighted by atomic mass is 9.95. The quantitative estimate of drug-likeness (QED) is 0.0199. The van der Waals surface area contributed by atoms with Crippen molar-refractivity contribution in [3.8, 4) is 0 Å². The van der Waals surface area contributed by atoms with Crippen molar-refractivity contribution in [3.05, 3.63) is 35.9 Å². The van der Waals surface area contributed by atoms with Crippen molar-refractivity contribution < 1.29 is 82.7 Å². The normalized spacial score (nSPS) is 24.6. The number of nitrogens with one attached hydrogen (secondary N) is 11. The lowest BCUT2D eigenvalue weighted by Gasteiger charge is -2.34. The Bertz CT molecular complexity index is 2660. The molecule has 11 amide bonds. The molecule has 21 N–H and O–H groups in total. The maximum absolute atomic E-state index is 15.4. The van der Waals surface area contributed by atoms with Gasteiger partial charge in [0.05, 0.1) is 31.4 Å². The van der Waals surface area contributed by atoms with E-state index in [1.165, 1.54) is 44.2 Å². The van der Waals surface area contributed by atoms with Crippen LogP contribution >= 0.6 is 0 Å². The Morgan fingerprint density at radius 3 is 1.70 bits per heavy atom. The van der Waals surface area contributed by atoms with Gasteiger partial charge in [-0.05, 0) is 81.2 Å². The van der Waals surface area contributed by atoms with Crippen molar-refractivity contribution in [2.75, 3.05) is 26.7 Å². The molecule has 1 heterocycles. The number of ether oxygens (including phenoxy) is 1. The number of nitrogens with zero attached hydrogens (tertiary/aromatic N) is 1. The second-order valence-corrected chi connectivity index (χ2v) is 24.3. The number of aliphatic imine (C=N–C) groups is 1. The molecule has 0 unspecified atom stereocenters. The minimum Gasteiger partial charge on any atom is -0.453 e. The number of esters is 1. The van der Waals surface area contributed by atoms with E-state index in [0.717, 1.165) is 6.92 Å². The minimum atomic E-state index is -2.57. The van der Waals surface area contributed by atoms with Crippen molar-refractivity contribution in [1.29, 1.82) is 0 Å². The van der Waals surface area contributed by atoms with Gasteiger partial charge in [-0.3, -0.25) is 57.7 Å². The van der Waals surface area contributed by atoms with Crippen LogP contribution in [0.3, 0.4) is 0 Å². The molecule has 2 rings (SSSR count). The lowest BCUT2D eigenvalue weighted by Crippen LogP contribution is -2.64. The topological polar surface area (TPSA) is 518 Å². The monoisotopic (exact) mass is 1290 g/mol. The first-order chi connectivity index (χ1) is 42.6. The van der Waals surface area contributed by atoms with E-state index in [-0.39, 0.29) is 67.9 Å². The molecular formula is C59H99N15O17. The van der Waals surface area contributed by atoms with Gasteiger partial charge < -0.3 is 101 Å². The standard InChI is InChI=1S/C59H99N15O17/c1-13-31(10)40-54(86)72-41(32(11)76)53(85)65-25-39(77)70-43(46(79)48(60)80)56(88)69-38(26-75)58(90)91-47(33-18-15-14-16-19-33)44(74-52(84)37(24-29(6)7)67-50(82)35(63-12)22-27(2)3)57(89)73-42(45(78)30(8)9)55(87)68-36(23-28(4)5)51(83)66-34(49(81)71-40)20-17-21-64-59(61)62/h14-16,18-19,27-32,34-38,40-47,63,75-76,78-79H,13,17,20-26H2,1-12H3,(H2,60,80)(H,65,85)(H,66,83)(H,67,82)(H,68,87)(H,69,88)(H,70,77)(H,71,81)(H,72,86)(H,73,89)(H,74,84)(H4,61,62,64)/t31-,32-,34+,35+,36-,37-,38-,40-,41-,42-,43-,44-,45+,46-,47+/m0/s1. The number of amides is 11. The molecule has 0 aliphatic carbocycles. The number of carbonyl (C=O) groups excluding carboxylic acids is 12. The van der Waals surface area contributed by atoms with Crippen molar-refractivity contribution in [1.82, 2.24) is 58.5 Å². The Morgan fingerprint density at radius 1 is 0.637 bits per heavy atom. The van der Waals surface area contributed by atoms with E-state index in [2.05, 4.69) is 52.8 Å². The van der Waals surface area contributed by atoms with Crippen LogP contribution in [0, 0.1) is 29.6 Å². The van der Waals surface area contributed by atoms with E-state index >= 15 is 4.79 Å². The molecule has 32 nitrogen and oxygen atoms in total. The third-order valence-corrected chi connectivity index (χ3v) is 14.8. The second-order valence-electron chi connectivity index (χ2n) is 24.3. The number of carbonyl (C=O) groups is 12. The first-order valence-corrected chi connectivity index (χ1v) is 30.5. The van der Waals surface area contributed by atoms with Gasteiger partial charge in [-0.25, -0.2) is 4.79 Å². The van der Waals surface area contributed by atoms with Gasteiger partial charge in [-0.2, -0.15) is 0 Å². The Labute approximate surface area is 530 Å². The van der Waals surface area contributed by atoms with Crippen molar-refractivity contribution in [2.24, 2.45) is 51.8 Å². The number of rotatable bonds is 24. The Morgan fingerprint density at radius 2 is 1.18 bits per heavy atom. The third kappa shape index (κ3) is 26.0. The average molecular weight is 1290 g/mol. The van der Waals surface area contributed by atoms with Crippen molar-refractivity contribution >= 4 is 76.9 Å². The zero-order valence-electron chi connectivity index (χ0n) is 54.0. The largest absolute Gasteiger partial charge is 0.453 e. The molecule has 1 aliphatic rings. The molecular weight excluding hydrogens is 1190 g/mol. The first kappa shape index (κ1) is 79.0. The number of guanidine groups is 1. The smallest absolute Gasteiger partial charge is 0.331 e. The summed E-state index contributed by atoms with van der Waals surface area (Å²) in [7, 11) is 1.55. The molecule has 91 heavy (non-hydrogen) atoms. The number of aliphatic hydroxyl groups is 4. The summed E-state index contributed by atoms with van der Waals surface area (Å²) in [6.07, 6.45) is -7.83. The molecule has 1 aliphatic heterocycles. The number of hydrogen-bond acceptors (Lipinski definition) is 19. The van der Waals surface area contributed by atoms with Crippen LogP contribution < -0.4 is 75.7 Å². The van der Waals surface area contributed by atoms with E-state index in [4.69, 9.17) is 21.9 Å². The number of nitrogens with two attached hydrogens (primary N) is 3. The van der Waals surface area contributed by atoms with Crippen LogP contribution in [-0.4, -0.2) is 203 Å². The van der Waals surface area contributed by atoms with Gasteiger partial charge in [0.1, 0.15) is 48.3 Å². The Hall–Kier alpha value is -8.07. The van der Waals surface area contributed by atoms with Crippen LogP contribution in [0.2, 0.25) is 0 Å². The maximum atomic E-state index is 15.4. The molecule has 0 saturated carbocycles. The summed E-state index contributed by atoms with van der Waals surface area (Å²) in [6.45, 7) is 15.6. The highest BCUT2D eigenvalue weighted by molar-refractivity contribution is 6.00. The molecule has 512 valence electrons. The van der Waals surface area contributed by atoms with Gasteiger partial charge in [0.25, 0.3) is 0 Å². The molecule has 32 heteroatoms. The van der Waals surface area contributed by atoms with E-state index in [0.29, 0.717) is 6.42 Å². The fourth-order valence-electron chi connectivity index (χ4n) is 9.46. The molecule has 1 fully saturated rings. The van der Waals surface area contributed by atoms with E-state index in [1.54, 1.807) is 48.6 Å². The molecule has 0 aromatic heterocycles. The van der Waals surface area contributed by atoms with E-state index in [9.17, 15) is 73.2 Å². The molecule has 15 atom stereocenters. The lowest BCUT2D eigenvalue weighted by molar-refractivity contribution is -0.159. The zero-order valence-corrected chi connectivity index (χ0v) is 54.0. The number of likely N-dealkylation sites (N-methyl/N-ethyl adjacent to an activating group) is 1. The van der Waals surface area contributed by atoms with Crippen LogP contribution in [0.15, 0.2) is 35.3 Å². The van der Waals surface area contributed by atoms with Crippen LogP contribution in [0.25, 0.3) is 0 Å². The Balaban J connectivity index is 3.14. The van der Waals surface area contributed by atoms with Gasteiger partial charge in [-0.1, -0.05) is 106 Å². The maximum Gasteiger partial charge on any atom is 0.331 e. The van der Waals surface area contributed by atoms with Crippen LogP contribution in [-0.2, 0) is 62.3 Å².